The molecule has 108 valence electrons. The molecule has 2 atom stereocenters. The van der Waals surface area contributed by atoms with Gasteiger partial charge in [-0.3, -0.25) is 0 Å². The predicted molar refractivity (Wildman–Crippen MR) is 81.7 cm³/mol. The summed E-state index contributed by atoms with van der Waals surface area (Å²) in [6, 6.07) is 12.9. The second-order valence-corrected chi connectivity index (χ2v) is 4.83. The first kappa shape index (κ1) is 16.9. The molecular weight excluding hydrogens is 300 g/mol. The molecule has 0 aliphatic carbocycles. The lowest BCUT2D eigenvalue weighted by atomic mass is 9.96. The lowest BCUT2D eigenvalue weighted by molar-refractivity contribution is 0.143. The number of aliphatic hydroxyl groups excluding tert-OH is 1. The molecule has 0 saturated heterocycles. The normalized spacial score (nSPS) is 13.4. The average Bonchev–Trinajstić information content (AvgIpc) is 2.39. The van der Waals surface area contributed by atoms with Crippen molar-refractivity contribution < 1.29 is 9.50 Å². The van der Waals surface area contributed by atoms with Crippen LogP contribution in [0.1, 0.15) is 17.2 Å². The van der Waals surface area contributed by atoms with Crippen molar-refractivity contribution in [3.05, 3.63) is 70.5 Å². The van der Waals surface area contributed by atoms with Crippen LogP contribution in [0, 0.1) is 5.82 Å². The molecule has 0 fully saturated rings. The molecule has 0 aromatic heterocycles. The highest BCUT2D eigenvalue weighted by Gasteiger charge is 2.22. The lowest BCUT2D eigenvalue weighted by Crippen LogP contribution is -2.29. The van der Waals surface area contributed by atoms with Crippen LogP contribution in [0.5, 0.6) is 0 Å². The Hall–Kier alpha value is -1.13. The zero-order valence-corrected chi connectivity index (χ0v) is 12.2. The van der Waals surface area contributed by atoms with Crippen LogP contribution in [0.4, 0.5) is 4.39 Å². The molecule has 0 aliphatic rings. The van der Waals surface area contributed by atoms with Gasteiger partial charge in [0, 0.05) is 17.0 Å². The van der Waals surface area contributed by atoms with E-state index in [-0.39, 0.29) is 23.0 Å². The van der Waals surface area contributed by atoms with E-state index in [2.05, 4.69) is 0 Å². The van der Waals surface area contributed by atoms with Crippen molar-refractivity contribution in [2.75, 3.05) is 0 Å². The fraction of sp³-hybridized carbons (Fsp3) is 0.200. The maximum atomic E-state index is 13.7. The van der Waals surface area contributed by atoms with Crippen LogP contribution in [0.2, 0.25) is 5.02 Å². The third-order valence-electron chi connectivity index (χ3n) is 3.04. The molecule has 0 unspecified atom stereocenters. The third-order valence-corrected chi connectivity index (χ3v) is 3.36. The van der Waals surface area contributed by atoms with E-state index in [9.17, 15) is 9.50 Å². The van der Waals surface area contributed by atoms with Gasteiger partial charge in [0.2, 0.25) is 0 Å². The maximum absolute atomic E-state index is 13.7. The summed E-state index contributed by atoms with van der Waals surface area (Å²) >= 11 is 5.94. The zero-order valence-electron chi connectivity index (χ0n) is 10.7. The highest BCUT2D eigenvalue weighted by molar-refractivity contribution is 6.31. The molecule has 2 aromatic carbocycles. The molecule has 2 nitrogen and oxygen atoms in total. The minimum Gasteiger partial charge on any atom is -0.391 e. The second kappa shape index (κ2) is 7.60. The van der Waals surface area contributed by atoms with Crippen molar-refractivity contribution in [2.45, 2.75) is 18.6 Å². The Kier molecular flexibility index (Phi) is 6.43. The van der Waals surface area contributed by atoms with Gasteiger partial charge in [-0.2, -0.15) is 0 Å². The van der Waals surface area contributed by atoms with Crippen molar-refractivity contribution in [3.63, 3.8) is 0 Å². The number of halogens is 3. The van der Waals surface area contributed by atoms with Crippen LogP contribution in [0.15, 0.2) is 48.5 Å². The average molecular weight is 316 g/mol. The Balaban J connectivity index is 0.00000200. The standard InChI is InChI=1S/C15H15ClFNO.ClH/c16-11-7-4-8-12(17)14(11)15(18)13(19)9-10-5-2-1-3-6-10;/h1-8,13,15,19H,9,18H2;1H/t13-,15-;/m1./s1. The molecule has 0 amide bonds. The van der Waals surface area contributed by atoms with E-state index in [0.29, 0.717) is 6.42 Å². The lowest BCUT2D eigenvalue weighted by Gasteiger charge is -2.20. The molecule has 0 heterocycles. The van der Waals surface area contributed by atoms with Crippen molar-refractivity contribution in [1.82, 2.24) is 0 Å². The van der Waals surface area contributed by atoms with Gasteiger partial charge in [0.1, 0.15) is 5.82 Å². The van der Waals surface area contributed by atoms with Crippen LogP contribution in [-0.4, -0.2) is 11.2 Å². The first-order valence-electron chi connectivity index (χ1n) is 6.01. The summed E-state index contributed by atoms with van der Waals surface area (Å²) < 4.78 is 13.7. The maximum Gasteiger partial charge on any atom is 0.129 e. The van der Waals surface area contributed by atoms with Gasteiger partial charge in [0.05, 0.1) is 12.1 Å². The molecule has 20 heavy (non-hydrogen) atoms. The Labute approximate surface area is 128 Å². The van der Waals surface area contributed by atoms with Gasteiger partial charge in [-0.25, -0.2) is 4.39 Å². The number of aliphatic hydroxyl groups is 1. The van der Waals surface area contributed by atoms with Crippen molar-refractivity contribution in [1.29, 1.82) is 0 Å². The van der Waals surface area contributed by atoms with Crippen LogP contribution in [-0.2, 0) is 6.42 Å². The largest absolute Gasteiger partial charge is 0.391 e. The minimum atomic E-state index is -0.892. The summed E-state index contributed by atoms with van der Waals surface area (Å²) in [6.45, 7) is 0. The fourth-order valence-corrected chi connectivity index (χ4v) is 2.29. The molecule has 2 rings (SSSR count). The molecule has 0 saturated carbocycles. The Morgan fingerprint density at radius 1 is 1.10 bits per heavy atom. The summed E-state index contributed by atoms with van der Waals surface area (Å²) in [5.74, 6) is -0.493. The first-order valence-corrected chi connectivity index (χ1v) is 6.39. The molecule has 2 aromatic rings. The molecule has 0 spiro atoms. The number of hydrogen-bond donors (Lipinski definition) is 2. The molecule has 0 radical (unpaired) electrons. The minimum absolute atomic E-state index is 0. The highest BCUT2D eigenvalue weighted by Crippen LogP contribution is 2.27. The van der Waals surface area contributed by atoms with Gasteiger partial charge < -0.3 is 10.8 Å². The van der Waals surface area contributed by atoms with Crippen LogP contribution < -0.4 is 5.73 Å². The van der Waals surface area contributed by atoms with Gasteiger partial charge in [-0.1, -0.05) is 48.0 Å². The topological polar surface area (TPSA) is 46.2 Å². The fourth-order valence-electron chi connectivity index (χ4n) is 2.00. The van der Waals surface area contributed by atoms with E-state index in [4.69, 9.17) is 17.3 Å². The molecular formula is C15H16Cl2FNO. The SMILES string of the molecule is Cl.N[C@@H](c1c(F)cccc1Cl)[C@H](O)Cc1ccccc1. The van der Waals surface area contributed by atoms with Crippen molar-refractivity contribution in [2.24, 2.45) is 5.73 Å². The molecule has 0 bridgehead atoms. The van der Waals surface area contributed by atoms with Gasteiger partial charge >= 0.3 is 0 Å². The highest BCUT2D eigenvalue weighted by atomic mass is 35.5. The molecule has 0 aliphatic heterocycles. The number of rotatable bonds is 4. The number of benzene rings is 2. The summed E-state index contributed by atoms with van der Waals surface area (Å²) in [7, 11) is 0. The van der Waals surface area contributed by atoms with Crippen molar-refractivity contribution in [3.8, 4) is 0 Å². The van der Waals surface area contributed by atoms with Crippen LogP contribution in [0.25, 0.3) is 0 Å². The van der Waals surface area contributed by atoms with E-state index in [0.717, 1.165) is 5.56 Å². The van der Waals surface area contributed by atoms with Crippen LogP contribution >= 0.6 is 24.0 Å². The monoisotopic (exact) mass is 315 g/mol. The molecule has 3 N–H and O–H groups in total. The van der Waals surface area contributed by atoms with E-state index in [1.807, 2.05) is 30.3 Å². The van der Waals surface area contributed by atoms with Crippen molar-refractivity contribution >= 4 is 24.0 Å². The number of nitrogens with two attached hydrogens (primary N) is 1. The summed E-state index contributed by atoms with van der Waals surface area (Å²) in [4.78, 5) is 0. The quantitative estimate of drug-likeness (QED) is 0.907. The van der Waals surface area contributed by atoms with E-state index < -0.39 is 18.0 Å². The zero-order chi connectivity index (χ0) is 13.8. The second-order valence-electron chi connectivity index (χ2n) is 4.42. The molecule has 5 heteroatoms. The first-order chi connectivity index (χ1) is 9.09. The Bertz CT molecular complexity index is 531. The summed E-state index contributed by atoms with van der Waals surface area (Å²) in [5, 5.41) is 10.4. The van der Waals surface area contributed by atoms with Gasteiger partial charge in [0.15, 0.2) is 0 Å². The van der Waals surface area contributed by atoms with Gasteiger partial charge in [-0.05, 0) is 17.7 Å². The van der Waals surface area contributed by atoms with Crippen LogP contribution in [0.3, 0.4) is 0 Å². The Morgan fingerprint density at radius 2 is 1.75 bits per heavy atom. The summed E-state index contributed by atoms with van der Waals surface area (Å²) in [5.41, 5.74) is 7.02. The predicted octanol–water partition coefficient (Wildman–Crippen LogP) is 3.50. The summed E-state index contributed by atoms with van der Waals surface area (Å²) in [6.07, 6.45) is -0.538. The smallest absolute Gasteiger partial charge is 0.129 e. The third kappa shape index (κ3) is 3.93. The van der Waals surface area contributed by atoms with Gasteiger partial charge in [0.25, 0.3) is 0 Å². The Morgan fingerprint density at radius 3 is 2.35 bits per heavy atom. The van der Waals surface area contributed by atoms with E-state index in [1.54, 1.807) is 6.07 Å². The van der Waals surface area contributed by atoms with Gasteiger partial charge in [-0.15, -0.1) is 12.4 Å². The van der Waals surface area contributed by atoms with E-state index in [1.165, 1.54) is 12.1 Å². The number of hydrogen-bond acceptors (Lipinski definition) is 2. The van der Waals surface area contributed by atoms with E-state index >= 15 is 0 Å².